The molecule has 3 rings (SSSR count). The zero-order valence-corrected chi connectivity index (χ0v) is 13.3. The van der Waals surface area contributed by atoms with Gasteiger partial charge in [-0.3, -0.25) is 4.90 Å². The second kappa shape index (κ2) is 5.70. The van der Waals surface area contributed by atoms with Crippen molar-refractivity contribution in [2.75, 3.05) is 39.0 Å². The van der Waals surface area contributed by atoms with Crippen LogP contribution in [0.4, 0.5) is 5.69 Å². The Labute approximate surface area is 127 Å². The molecule has 114 valence electrons. The highest BCUT2D eigenvalue weighted by Crippen LogP contribution is 2.30. The Morgan fingerprint density at radius 3 is 2.52 bits per heavy atom. The molecule has 2 N–H and O–H groups in total. The summed E-state index contributed by atoms with van der Waals surface area (Å²) in [7, 11) is 2.20. The highest BCUT2D eigenvalue weighted by atomic mass is 15.2. The lowest BCUT2D eigenvalue weighted by Gasteiger charge is -2.32. The first-order valence-electron chi connectivity index (χ1n) is 7.85. The van der Waals surface area contributed by atoms with Crippen LogP contribution in [-0.4, -0.2) is 47.6 Å². The number of nitrogens with two attached hydrogens (primary N) is 1. The van der Waals surface area contributed by atoms with Gasteiger partial charge < -0.3 is 15.2 Å². The summed E-state index contributed by atoms with van der Waals surface area (Å²) in [6.07, 6.45) is 2.30. The number of rotatable bonds is 3. The first-order chi connectivity index (χ1) is 10.1. The minimum Gasteiger partial charge on any atom is -0.397 e. The Morgan fingerprint density at radius 1 is 1.14 bits per heavy atom. The maximum atomic E-state index is 6.22. The monoisotopic (exact) mass is 286 g/mol. The first-order valence-corrected chi connectivity index (χ1v) is 7.85. The summed E-state index contributed by atoms with van der Waals surface area (Å²) in [5.41, 5.74) is 9.69. The van der Waals surface area contributed by atoms with Gasteiger partial charge in [0.1, 0.15) is 0 Å². The molecule has 0 spiro atoms. The maximum absolute atomic E-state index is 6.22. The lowest BCUT2D eigenvalue weighted by atomic mass is 10.1. The van der Waals surface area contributed by atoms with Crippen molar-refractivity contribution in [3.63, 3.8) is 0 Å². The van der Waals surface area contributed by atoms with Crippen LogP contribution >= 0.6 is 0 Å². The van der Waals surface area contributed by atoms with E-state index in [9.17, 15) is 0 Å². The standard InChI is InChI=1S/C17H26N4/c1-13(2)21-12-14(11-20-9-7-19(3)8-10-20)15-5-4-6-16(18)17(15)21/h4-6,12-13H,7-11,18H2,1-3H3. The van der Waals surface area contributed by atoms with E-state index in [1.54, 1.807) is 0 Å². The van der Waals surface area contributed by atoms with Crippen molar-refractivity contribution in [1.82, 2.24) is 14.4 Å². The number of aromatic nitrogens is 1. The van der Waals surface area contributed by atoms with Crippen LogP contribution < -0.4 is 5.73 Å². The normalized spacial score (nSPS) is 17.9. The van der Waals surface area contributed by atoms with Crippen LogP contribution in [0.2, 0.25) is 0 Å². The zero-order valence-electron chi connectivity index (χ0n) is 13.3. The molecule has 4 nitrogen and oxygen atoms in total. The summed E-state index contributed by atoms with van der Waals surface area (Å²) in [5.74, 6) is 0. The number of nitrogen functional groups attached to an aromatic ring is 1. The van der Waals surface area contributed by atoms with E-state index >= 15 is 0 Å². The number of piperazine rings is 1. The fraction of sp³-hybridized carbons (Fsp3) is 0.529. The number of nitrogens with zero attached hydrogens (tertiary/aromatic N) is 3. The van der Waals surface area contributed by atoms with E-state index in [-0.39, 0.29) is 0 Å². The van der Waals surface area contributed by atoms with Crippen molar-refractivity contribution in [1.29, 1.82) is 0 Å². The lowest BCUT2D eigenvalue weighted by molar-refractivity contribution is 0.148. The molecule has 0 amide bonds. The summed E-state index contributed by atoms with van der Waals surface area (Å²) in [4.78, 5) is 4.94. The molecule has 2 aromatic rings. The van der Waals surface area contributed by atoms with E-state index in [1.165, 1.54) is 16.5 Å². The third-order valence-corrected chi connectivity index (χ3v) is 4.51. The average molecular weight is 286 g/mol. The molecule has 0 unspecified atom stereocenters. The van der Waals surface area contributed by atoms with Gasteiger partial charge in [-0.15, -0.1) is 0 Å². The van der Waals surface area contributed by atoms with Gasteiger partial charge in [0.25, 0.3) is 0 Å². The van der Waals surface area contributed by atoms with Gasteiger partial charge in [-0.25, -0.2) is 0 Å². The highest BCUT2D eigenvalue weighted by molar-refractivity contribution is 5.93. The third kappa shape index (κ3) is 2.78. The molecule has 1 aliphatic rings. The number of benzene rings is 1. The van der Waals surface area contributed by atoms with Gasteiger partial charge in [0.2, 0.25) is 0 Å². The quantitative estimate of drug-likeness (QED) is 0.881. The molecule has 0 bridgehead atoms. The Morgan fingerprint density at radius 2 is 1.86 bits per heavy atom. The zero-order chi connectivity index (χ0) is 15.0. The van der Waals surface area contributed by atoms with E-state index in [4.69, 9.17) is 5.73 Å². The minimum atomic E-state index is 0.429. The van der Waals surface area contributed by atoms with Crippen LogP contribution in [0.1, 0.15) is 25.5 Å². The van der Waals surface area contributed by atoms with Crippen molar-refractivity contribution in [3.05, 3.63) is 30.0 Å². The van der Waals surface area contributed by atoms with Crippen molar-refractivity contribution in [3.8, 4) is 0 Å². The topological polar surface area (TPSA) is 37.4 Å². The molecule has 4 heteroatoms. The lowest BCUT2D eigenvalue weighted by Crippen LogP contribution is -2.43. The molecule has 2 heterocycles. The van der Waals surface area contributed by atoms with Crippen LogP contribution in [-0.2, 0) is 6.54 Å². The Balaban J connectivity index is 1.93. The van der Waals surface area contributed by atoms with Crippen molar-refractivity contribution < 1.29 is 0 Å². The van der Waals surface area contributed by atoms with E-state index in [2.05, 4.69) is 53.6 Å². The van der Waals surface area contributed by atoms with Gasteiger partial charge in [0, 0.05) is 50.3 Å². The molecule has 1 aliphatic heterocycles. The minimum absolute atomic E-state index is 0.429. The van der Waals surface area contributed by atoms with Gasteiger partial charge in [-0.2, -0.15) is 0 Å². The van der Waals surface area contributed by atoms with E-state index in [1.807, 2.05) is 6.07 Å². The second-order valence-electron chi connectivity index (χ2n) is 6.48. The number of likely N-dealkylation sites (N-methyl/N-ethyl adjacent to an activating group) is 1. The predicted octanol–water partition coefficient (Wildman–Crippen LogP) is 2.55. The highest BCUT2D eigenvalue weighted by Gasteiger charge is 2.18. The molecule has 1 saturated heterocycles. The molecular formula is C17H26N4. The largest absolute Gasteiger partial charge is 0.397 e. The van der Waals surface area contributed by atoms with Crippen LogP contribution in [0.15, 0.2) is 24.4 Å². The van der Waals surface area contributed by atoms with Crippen LogP contribution in [0.3, 0.4) is 0 Å². The number of hydrogen-bond donors (Lipinski definition) is 1. The average Bonchev–Trinajstić information content (AvgIpc) is 2.82. The van der Waals surface area contributed by atoms with E-state index in [0.717, 1.165) is 38.4 Å². The van der Waals surface area contributed by atoms with Gasteiger partial charge in [-0.1, -0.05) is 12.1 Å². The fourth-order valence-electron chi connectivity index (χ4n) is 3.19. The Bertz CT molecular complexity index is 621. The second-order valence-corrected chi connectivity index (χ2v) is 6.48. The van der Waals surface area contributed by atoms with Crippen LogP contribution in [0, 0.1) is 0 Å². The van der Waals surface area contributed by atoms with Crippen LogP contribution in [0.25, 0.3) is 10.9 Å². The molecule has 1 fully saturated rings. The molecule has 1 aromatic carbocycles. The molecule has 0 radical (unpaired) electrons. The summed E-state index contributed by atoms with van der Waals surface area (Å²) in [6, 6.07) is 6.70. The molecule has 0 aliphatic carbocycles. The first kappa shape index (κ1) is 14.4. The summed E-state index contributed by atoms with van der Waals surface area (Å²) in [6.45, 7) is 10.1. The SMILES string of the molecule is CC(C)n1cc(CN2CCN(C)CC2)c2cccc(N)c21. The van der Waals surface area contributed by atoms with E-state index in [0.29, 0.717) is 6.04 Å². The van der Waals surface area contributed by atoms with Gasteiger partial charge in [0.05, 0.1) is 11.2 Å². The maximum Gasteiger partial charge on any atom is 0.0719 e. The van der Waals surface area contributed by atoms with Crippen molar-refractivity contribution >= 4 is 16.6 Å². The number of hydrogen-bond acceptors (Lipinski definition) is 3. The molecular weight excluding hydrogens is 260 g/mol. The molecule has 0 saturated carbocycles. The van der Waals surface area contributed by atoms with Crippen molar-refractivity contribution in [2.24, 2.45) is 0 Å². The Kier molecular flexibility index (Phi) is 3.91. The van der Waals surface area contributed by atoms with Crippen LogP contribution in [0.5, 0.6) is 0 Å². The van der Waals surface area contributed by atoms with Gasteiger partial charge >= 0.3 is 0 Å². The van der Waals surface area contributed by atoms with Gasteiger partial charge in [-0.05, 0) is 32.5 Å². The number of anilines is 1. The summed E-state index contributed by atoms with van der Waals surface area (Å²) in [5, 5.41) is 1.31. The van der Waals surface area contributed by atoms with E-state index < -0.39 is 0 Å². The molecule has 0 atom stereocenters. The summed E-state index contributed by atoms with van der Waals surface area (Å²) < 4.78 is 2.32. The number of para-hydroxylation sites is 1. The Hall–Kier alpha value is -1.52. The van der Waals surface area contributed by atoms with Gasteiger partial charge in [0.15, 0.2) is 0 Å². The fourth-order valence-corrected chi connectivity index (χ4v) is 3.19. The smallest absolute Gasteiger partial charge is 0.0719 e. The third-order valence-electron chi connectivity index (χ3n) is 4.51. The predicted molar refractivity (Wildman–Crippen MR) is 89.5 cm³/mol. The number of fused-ring (bicyclic) bond motifs is 1. The molecule has 21 heavy (non-hydrogen) atoms. The molecule has 1 aromatic heterocycles. The summed E-state index contributed by atoms with van der Waals surface area (Å²) >= 11 is 0. The van der Waals surface area contributed by atoms with Crippen molar-refractivity contribution in [2.45, 2.75) is 26.4 Å².